The molecule has 7 heteroatoms. The lowest BCUT2D eigenvalue weighted by molar-refractivity contribution is 0.0777. The van der Waals surface area contributed by atoms with Crippen molar-refractivity contribution < 1.29 is 4.79 Å². The Hall–Kier alpha value is -2.70. The zero-order chi connectivity index (χ0) is 18.9. The van der Waals surface area contributed by atoms with E-state index in [1.165, 1.54) is 17.8 Å². The number of carbonyl (C=O) groups is 1. The first kappa shape index (κ1) is 18.6. The molecule has 7 nitrogen and oxygen atoms in total. The minimum atomic E-state index is -0.441. The Labute approximate surface area is 146 Å². The first-order valence-corrected chi connectivity index (χ1v) is 8.25. The lowest BCUT2D eigenvalue weighted by atomic mass is 10.0. The second-order valence-corrected chi connectivity index (χ2v) is 6.18. The van der Waals surface area contributed by atoms with E-state index in [0.29, 0.717) is 41.7 Å². The molecule has 0 unspecified atom stereocenters. The Bertz CT molecular complexity index is 969. The second kappa shape index (κ2) is 7.04. The van der Waals surface area contributed by atoms with Gasteiger partial charge in [-0.3, -0.25) is 18.7 Å². The Kier molecular flexibility index (Phi) is 5.25. The summed E-state index contributed by atoms with van der Waals surface area (Å²) in [6.45, 7) is 10.5. The molecule has 0 radical (unpaired) electrons. The van der Waals surface area contributed by atoms with Gasteiger partial charge in [-0.25, -0.2) is 9.78 Å². The van der Waals surface area contributed by atoms with Gasteiger partial charge >= 0.3 is 5.69 Å². The quantitative estimate of drug-likeness (QED) is 0.765. The van der Waals surface area contributed by atoms with Crippen molar-refractivity contribution in [3.05, 3.63) is 50.3 Å². The fourth-order valence-electron chi connectivity index (χ4n) is 2.96. The number of hydrogen-bond donors (Lipinski definition) is 0. The number of pyridine rings is 1. The van der Waals surface area contributed by atoms with Gasteiger partial charge in [-0.2, -0.15) is 0 Å². The highest BCUT2D eigenvalue weighted by molar-refractivity contribution is 5.99. The molecule has 25 heavy (non-hydrogen) atoms. The number of aromatic nitrogens is 3. The summed E-state index contributed by atoms with van der Waals surface area (Å²) < 4.78 is 2.37. The van der Waals surface area contributed by atoms with Crippen molar-refractivity contribution in [2.24, 2.45) is 14.1 Å². The third kappa shape index (κ3) is 3.14. The zero-order valence-corrected chi connectivity index (χ0v) is 15.4. The molecule has 2 rings (SSSR count). The van der Waals surface area contributed by atoms with Crippen LogP contribution in [0.25, 0.3) is 11.0 Å². The molecule has 0 aliphatic heterocycles. The third-order valence-corrected chi connectivity index (χ3v) is 4.29. The SMILES string of the molecule is C=C(C)CN(CC)C(=O)c1cnc2c(c1CC)c(=O)n(C)c(=O)n2C. The van der Waals surface area contributed by atoms with Crippen LogP contribution in [0, 0.1) is 0 Å². The third-order valence-electron chi connectivity index (χ3n) is 4.29. The summed E-state index contributed by atoms with van der Waals surface area (Å²) in [5.74, 6) is -0.187. The lowest BCUT2D eigenvalue weighted by Gasteiger charge is -2.22. The van der Waals surface area contributed by atoms with Gasteiger partial charge in [-0.15, -0.1) is 0 Å². The van der Waals surface area contributed by atoms with Crippen LogP contribution in [0.5, 0.6) is 0 Å². The maximum absolute atomic E-state index is 13.0. The van der Waals surface area contributed by atoms with Gasteiger partial charge in [0.05, 0.1) is 10.9 Å². The molecule has 0 aliphatic rings. The van der Waals surface area contributed by atoms with Crippen LogP contribution in [-0.2, 0) is 20.5 Å². The van der Waals surface area contributed by atoms with Gasteiger partial charge in [0.25, 0.3) is 11.5 Å². The van der Waals surface area contributed by atoms with Crippen LogP contribution in [0.1, 0.15) is 36.7 Å². The summed E-state index contributed by atoms with van der Waals surface area (Å²) in [5.41, 5.74) is 1.31. The Balaban J connectivity index is 2.80. The molecule has 1 amide bonds. The van der Waals surface area contributed by atoms with Crippen LogP contribution in [-0.4, -0.2) is 38.0 Å². The summed E-state index contributed by atoms with van der Waals surface area (Å²) in [6, 6.07) is 0. The molecule has 2 aromatic heterocycles. The topological polar surface area (TPSA) is 77.2 Å². The molecule has 0 saturated heterocycles. The molecule has 0 N–H and O–H groups in total. The molecule has 2 aromatic rings. The van der Waals surface area contributed by atoms with Gasteiger partial charge in [-0.05, 0) is 25.8 Å². The van der Waals surface area contributed by atoms with Crippen LogP contribution in [0.2, 0.25) is 0 Å². The number of hydrogen-bond acceptors (Lipinski definition) is 4. The number of aryl methyl sites for hydroxylation is 2. The van der Waals surface area contributed by atoms with Crippen molar-refractivity contribution in [1.29, 1.82) is 0 Å². The predicted molar refractivity (Wildman–Crippen MR) is 98.0 cm³/mol. The number of rotatable bonds is 5. The van der Waals surface area contributed by atoms with Gasteiger partial charge in [0.15, 0.2) is 0 Å². The molecule has 0 fully saturated rings. The highest BCUT2D eigenvalue weighted by Crippen LogP contribution is 2.19. The average Bonchev–Trinajstić information content (AvgIpc) is 2.60. The van der Waals surface area contributed by atoms with Gasteiger partial charge in [0.2, 0.25) is 0 Å². The molecule has 0 atom stereocenters. The fourth-order valence-corrected chi connectivity index (χ4v) is 2.96. The van der Waals surface area contributed by atoms with Gasteiger partial charge in [0, 0.05) is 33.4 Å². The van der Waals surface area contributed by atoms with Crippen molar-refractivity contribution in [2.45, 2.75) is 27.2 Å². The molecule has 2 heterocycles. The monoisotopic (exact) mass is 344 g/mol. The molecule has 0 saturated carbocycles. The molecule has 134 valence electrons. The molecule has 0 bridgehead atoms. The van der Waals surface area contributed by atoms with E-state index in [1.807, 2.05) is 20.8 Å². The van der Waals surface area contributed by atoms with Crippen LogP contribution >= 0.6 is 0 Å². The molecular formula is C18H24N4O3. The number of carbonyl (C=O) groups excluding carboxylic acids is 1. The smallest absolute Gasteiger partial charge is 0.332 e. The second-order valence-electron chi connectivity index (χ2n) is 6.18. The van der Waals surface area contributed by atoms with E-state index in [1.54, 1.807) is 11.9 Å². The fraction of sp³-hybridized carbons (Fsp3) is 0.444. The number of nitrogens with zero attached hydrogens (tertiary/aromatic N) is 4. The number of likely N-dealkylation sites (N-methyl/N-ethyl adjacent to an activating group) is 1. The average molecular weight is 344 g/mol. The summed E-state index contributed by atoms with van der Waals surface area (Å²) in [5, 5.41) is 0.323. The first-order valence-electron chi connectivity index (χ1n) is 8.25. The van der Waals surface area contributed by atoms with E-state index < -0.39 is 11.2 Å². The van der Waals surface area contributed by atoms with Crippen LogP contribution < -0.4 is 11.2 Å². The maximum atomic E-state index is 13.0. The molecule has 0 spiro atoms. The maximum Gasteiger partial charge on any atom is 0.332 e. The predicted octanol–water partition coefficient (Wildman–Crippen LogP) is 1.23. The van der Waals surface area contributed by atoms with Crippen LogP contribution in [0.4, 0.5) is 0 Å². The van der Waals surface area contributed by atoms with E-state index >= 15 is 0 Å². The van der Waals surface area contributed by atoms with E-state index in [0.717, 1.165) is 10.1 Å². The lowest BCUT2D eigenvalue weighted by Crippen LogP contribution is -2.38. The minimum absolute atomic E-state index is 0.187. The van der Waals surface area contributed by atoms with Crippen molar-refractivity contribution in [3.63, 3.8) is 0 Å². The van der Waals surface area contributed by atoms with E-state index in [2.05, 4.69) is 11.6 Å². The normalized spacial score (nSPS) is 10.9. The summed E-state index contributed by atoms with van der Waals surface area (Å²) in [4.78, 5) is 43.6. The standard InChI is InChI=1S/C18H24N4O3/c1-7-12-13(16(23)22(8-2)10-11(3)4)9-19-15-14(12)17(24)21(6)18(25)20(15)5/h9H,3,7-8,10H2,1-2,4-6H3. The molecular weight excluding hydrogens is 320 g/mol. The number of fused-ring (bicyclic) bond motifs is 1. The summed E-state index contributed by atoms with van der Waals surface area (Å²) >= 11 is 0. The zero-order valence-electron chi connectivity index (χ0n) is 15.4. The van der Waals surface area contributed by atoms with E-state index in [4.69, 9.17) is 0 Å². The highest BCUT2D eigenvalue weighted by atomic mass is 16.2. The van der Waals surface area contributed by atoms with Crippen molar-refractivity contribution in [3.8, 4) is 0 Å². The summed E-state index contributed by atoms with van der Waals surface area (Å²) in [7, 11) is 2.99. The molecule has 0 aromatic carbocycles. The van der Waals surface area contributed by atoms with Crippen molar-refractivity contribution >= 4 is 16.9 Å². The minimum Gasteiger partial charge on any atom is -0.335 e. The first-order chi connectivity index (χ1) is 11.7. The largest absolute Gasteiger partial charge is 0.335 e. The van der Waals surface area contributed by atoms with Gasteiger partial charge < -0.3 is 4.90 Å². The Morgan fingerprint density at radius 3 is 2.40 bits per heavy atom. The van der Waals surface area contributed by atoms with Crippen LogP contribution in [0.3, 0.4) is 0 Å². The Morgan fingerprint density at radius 1 is 1.24 bits per heavy atom. The summed E-state index contributed by atoms with van der Waals surface area (Å²) in [6.07, 6.45) is 1.95. The van der Waals surface area contributed by atoms with Crippen molar-refractivity contribution in [2.75, 3.05) is 13.1 Å². The van der Waals surface area contributed by atoms with Crippen molar-refractivity contribution in [1.82, 2.24) is 19.0 Å². The molecule has 0 aliphatic carbocycles. The van der Waals surface area contributed by atoms with Crippen LogP contribution in [0.15, 0.2) is 27.9 Å². The number of amides is 1. The Morgan fingerprint density at radius 2 is 1.88 bits per heavy atom. The van der Waals surface area contributed by atoms with E-state index in [-0.39, 0.29) is 5.91 Å². The van der Waals surface area contributed by atoms with Gasteiger partial charge in [-0.1, -0.05) is 19.1 Å². The van der Waals surface area contributed by atoms with E-state index in [9.17, 15) is 14.4 Å². The highest BCUT2D eigenvalue weighted by Gasteiger charge is 2.22. The van der Waals surface area contributed by atoms with Gasteiger partial charge in [0.1, 0.15) is 5.65 Å².